The van der Waals surface area contributed by atoms with E-state index in [1.165, 1.54) is 50.8 Å². The fourth-order valence-electron chi connectivity index (χ4n) is 2.24. The first kappa shape index (κ1) is 12.4. The van der Waals surface area contributed by atoms with Gasteiger partial charge in [-0.2, -0.15) is 11.8 Å². The summed E-state index contributed by atoms with van der Waals surface area (Å²) in [6, 6.07) is 0.688. The smallest absolute Gasteiger partial charge is 0.0129 e. The Balaban J connectivity index is 2.09. The highest BCUT2D eigenvalue weighted by atomic mass is 32.2. The molecular weight excluding hydrogens is 190 g/mol. The Kier molecular flexibility index (Phi) is 6.70. The number of nitrogens with one attached hydrogen (secondary N) is 1. The van der Waals surface area contributed by atoms with E-state index < -0.39 is 0 Å². The summed E-state index contributed by atoms with van der Waals surface area (Å²) in [6.45, 7) is 3.55. The average Bonchev–Trinajstić information content (AvgIpc) is 2.43. The second-order valence-electron chi connectivity index (χ2n) is 4.62. The topological polar surface area (TPSA) is 12.0 Å². The van der Waals surface area contributed by atoms with E-state index in [4.69, 9.17) is 0 Å². The quantitative estimate of drug-likeness (QED) is 0.706. The van der Waals surface area contributed by atoms with Gasteiger partial charge in [-0.3, -0.25) is 0 Å². The van der Waals surface area contributed by atoms with Gasteiger partial charge in [-0.05, 0) is 38.5 Å². The van der Waals surface area contributed by atoms with Gasteiger partial charge >= 0.3 is 0 Å². The van der Waals surface area contributed by atoms with E-state index >= 15 is 0 Å². The van der Waals surface area contributed by atoms with Gasteiger partial charge in [-0.15, -0.1) is 0 Å². The molecule has 0 aromatic heterocycles. The van der Waals surface area contributed by atoms with Crippen LogP contribution in [-0.2, 0) is 0 Å². The van der Waals surface area contributed by atoms with Gasteiger partial charge in [0.15, 0.2) is 0 Å². The molecule has 1 atom stereocenters. The van der Waals surface area contributed by atoms with Crippen molar-refractivity contribution in [2.75, 3.05) is 18.6 Å². The van der Waals surface area contributed by atoms with E-state index in [2.05, 4.69) is 18.5 Å². The molecule has 0 aromatic rings. The molecule has 14 heavy (non-hydrogen) atoms. The fourth-order valence-corrected chi connectivity index (χ4v) is 2.86. The SMILES string of the molecule is CSCC(C)NCC1CCCCCC1. The molecule has 0 aliphatic heterocycles. The van der Waals surface area contributed by atoms with Crippen LogP contribution < -0.4 is 5.32 Å². The normalized spacial score (nSPS) is 21.9. The Morgan fingerprint density at radius 1 is 1.21 bits per heavy atom. The molecule has 0 heterocycles. The van der Waals surface area contributed by atoms with Crippen LogP contribution in [0.2, 0.25) is 0 Å². The summed E-state index contributed by atoms with van der Waals surface area (Å²) >= 11 is 1.94. The minimum atomic E-state index is 0.688. The molecule has 1 unspecified atom stereocenters. The van der Waals surface area contributed by atoms with E-state index in [1.54, 1.807) is 0 Å². The molecule has 1 N–H and O–H groups in total. The molecule has 84 valence electrons. The van der Waals surface area contributed by atoms with Gasteiger partial charge in [0, 0.05) is 11.8 Å². The zero-order valence-electron chi connectivity index (χ0n) is 9.72. The predicted molar refractivity (Wildman–Crippen MR) is 67.0 cm³/mol. The zero-order chi connectivity index (χ0) is 10.2. The molecule has 1 nitrogen and oxygen atoms in total. The van der Waals surface area contributed by atoms with Crippen molar-refractivity contribution in [2.24, 2.45) is 5.92 Å². The lowest BCUT2D eigenvalue weighted by molar-refractivity contribution is 0.409. The van der Waals surface area contributed by atoms with Crippen LogP contribution in [0.4, 0.5) is 0 Å². The second kappa shape index (κ2) is 7.58. The summed E-state index contributed by atoms with van der Waals surface area (Å²) in [6.07, 6.45) is 11.0. The molecule has 0 amide bonds. The van der Waals surface area contributed by atoms with Crippen molar-refractivity contribution in [1.82, 2.24) is 5.32 Å². The van der Waals surface area contributed by atoms with Crippen molar-refractivity contribution in [2.45, 2.75) is 51.5 Å². The molecule has 0 radical (unpaired) electrons. The molecule has 0 bridgehead atoms. The maximum absolute atomic E-state index is 3.66. The van der Waals surface area contributed by atoms with Crippen molar-refractivity contribution >= 4 is 11.8 Å². The number of rotatable bonds is 5. The molecule has 1 rings (SSSR count). The van der Waals surface area contributed by atoms with Crippen LogP contribution in [0, 0.1) is 5.92 Å². The molecule has 0 aromatic carbocycles. The van der Waals surface area contributed by atoms with Gasteiger partial charge in [0.1, 0.15) is 0 Å². The van der Waals surface area contributed by atoms with Crippen LogP contribution in [0.5, 0.6) is 0 Å². The third-order valence-electron chi connectivity index (χ3n) is 3.15. The molecule has 1 saturated carbocycles. The Hall–Kier alpha value is 0.310. The first-order chi connectivity index (χ1) is 6.83. The minimum Gasteiger partial charge on any atom is -0.313 e. The highest BCUT2D eigenvalue weighted by Crippen LogP contribution is 2.22. The zero-order valence-corrected chi connectivity index (χ0v) is 10.5. The highest BCUT2D eigenvalue weighted by molar-refractivity contribution is 7.98. The third kappa shape index (κ3) is 5.26. The summed E-state index contributed by atoms with van der Waals surface area (Å²) in [7, 11) is 0. The van der Waals surface area contributed by atoms with Crippen LogP contribution in [0.15, 0.2) is 0 Å². The van der Waals surface area contributed by atoms with Crippen molar-refractivity contribution < 1.29 is 0 Å². The van der Waals surface area contributed by atoms with Crippen LogP contribution in [0.25, 0.3) is 0 Å². The van der Waals surface area contributed by atoms with Crippen molar-refractivity contribution in [3.05, 3.63) is 0 Å². The van der Waals surface area contributed by atoms with Crippen LogP contribution in [0.1, 0.15) is 45.4 Å². The molecule has 0 spiro atoms. The van der Waals surface area contributed by atoms with Crippen LogP contribution in [-0.4, -0.2) is 24.6 Å². The standard InChI is InChI=1S/C12H25NS/c1-11(10-14-2)13-9-12-7-5-3-4-6-8-12/h11-13H,3-10H2,1-2H3. The van der Waals surface area contributed by atoms with Crippen LogP contribution >= 0.6 is 11.8 Å². The second-order valence-corrected chi connectivity index (χ2v) is 5.53. The lowest BCUT2D eigenvalue weighted by Gasteiger charge is -2.18. The van der Waals surface area contributed by atoms with Gasteiger partial charge in [0.05, 0.1) is 0 Å². The van der Waals surface area contributed by atoms with E-state index in [0.29, 0.717) is 6.04 Å². The Bertz CT molecular complexity index is 130. The Labute approximate surface area is 93.4 Å². The van der Waals surface area contributed by atoms with Crippen molar-refractivity contribution in [3.8, 4) is 0 Å². The number of hydrogen-bond acceptors (Lipinski definition) is 2. The van der Waals surface area contributed by atoms with E-state index in [1.807, 2.05) is 11.8 Å². The number of hydrogen-bond donors (Lipinski definition) is 1. The maximum atomic E-state index is 3.66. The Morgan fingerprint density at radius 2 is 1.86 bits per heavy atom. The summed E-state index contributed by atoms with van der Waals surface area (Å²) in [5, 5.41) is 3.66. The summed E-state index contributed by atoms with van der Waals surface area (Å²) in [5.41, 5.74) is 0. The molecular formula is C12H25NS. The maximum Gasteiger partial charge on any atom is 0.0129 e. The average molecular weight is 215 g/mol. The van der Waals surface area contributed by atoms with Crippen molar-refractivity contribution in [3.63, 3.8) is 0 Å². The first-order valence-corrected chi connectivity index (χ1v) is 7.44. The highest BCUT2D eigenvalue weighted by Gasteiger charge is 2.12. The lowest BCUT2D eigenvalue weighted by atomic mass is 10.0. The Morgan fingerprint density at radius 3 is 2.43 bits per heavy atom. The summed E-state index contributed by atoms with van der Waals surface area (Å²) < 4.78 is 0. The monoisotopic (exact) mass is 215 g/mol. The molecule has 1 aliphatic carbocycles. The van der Waals surface area contributed by atoms with Gasteiger partial charge in [0.2, 0.25) is 0 Å². The molecule has 1 fully saturated rings. The van der Waals surface area contributed by atoms with Gasteiger partial charge in [0.25, 0.3) is 0 Å². The van der Waals surface area contributed by atoms with Crippen molar-refractivity contribution in [1.29, 1.82) is 0 Å². The van der Waals surface area contributed by atoms with Gasteiger partial charge < -0.3 is 5.32 Å². The molecule has 2 heteroatoms. The van der Waals surface area contributed by atoms with Gasteiger partial charge in [-0.25, -0.2) is 0 Å². The predicted octanol–water partition coefficient (Wildman–Crippen LogP) is 3.30. The summed E-state index contributed by atoms with van der Waals surface area (Å²) in [4.78, 5) is 0. The first-order valence-electron chi connectivity index (χ1n) is 6.05. The molecule has 1 aliphatic rings. The number of thioether (sulfide) groups is 1. The largest absolute Gasteiger partial charge is 0.313 e. The van der Waals surface area contributed by atoms with Gasteiger partial charge in [-0.1, -0.05) is 25.7 Å². The minimum absolute atomic E-state index is 0.688. The third-order valence-corrected chi connectivity index (χ3v) is 3.98. The van der Waals surface area contributed by atoms with Crippen LogP contribution in [0.3, 0.4) is 0 Å². The summed E-state index contributed by atoms with van der Waals surface area (Å²) in [5.74, 6) is 2.20. The van der Waals surface area contributed by atoms with E-state index in [9.17, 15) is 0 Å². The lowest BCUT2D eigenvalue weighted by Crippen LogP contribution is -2.32. The van der Waals surface area contributed by atoms with E-state index in [0.717, 1.165) is 5.92 Å². The fraction of sp³-hybridized carbons (Fsp3) is 1.00. The van der Waals surface area contributed by atoms with E-state index in [-0.39, 0.29) is 0 Å². The molecule has 0 saturated heterocycles.